The van der Waals surface area contributed by atoms with E-state index in [-0.39, 0.29) is 5.78 Å². The zero-order valence-corrected chi connectivity index (χ0v) is 17.9. The fraction of sp³-hybridized carbons (Fsp3) is 0.522. The van der Waals surface area contributed by atoms with Gasteiger partial charge < -0.3 is 9.30 Å². The Labute approximate surface area is 168 Å². The van der Waals surface area contributed by atoms with Gasteiger partial charge in [0.15, 0.2) is 5.78 Å². The van der Waals surface area contributed by atoms with Crippen LogP contribution < -0.4 is 4.74 Å². The minimum absolute atomic E-state index is 0.239. The van der Waals surface area contributed by atoms with Crippen LogP contribution in [-0.2, 0) is 6.54 Å². The van der Waals surface area contributed by atoms with Crippen LogP contribution in [0.1, 0.15) is 47.2 Å². The number of ether oxygens (including phenoxy) is 1. The predicted octanol–water partition coefficient (Wildman–Crippen LogP) is 3.69. The van der Waals surface area contributed by atoms with E-state index < -0.39 is 0 Å². The van der Waals surface area contributed by atoms with E-state index in [0.29, 0.717) is 12.6 Å². The molecule has 0 saturated carbocycles. The maximum absolute atomic E-state index is 12.9. The lowest BCUT2D eigenvalue weighted by molar-refractivity contribution is 0.0843. The second-order valence-electron chi connectivity index (χ2n) is 8.07. The number of Topliss-reactive ketones (excluding diaryl/α,β-unsaturated/α-hetero) is 1. The molecule has 0 N–H and O–H groups in total. The number of nitrogens with zero attached hydrogens (tertiary/aromatic N) is 3. The molecule has 0 radical (unpaired) electrons. The second-order valence-corrected chi connectivity index (χ2v) is 8.07. The zero-order valence-electron chi connectivity index (χ0n) is 17.9. The molecular formula is C23H33N3O2. The molecule has 5 heteroatoms. The fourth-order valence-electron chi connectivity index (χ4n) is 4.24. The third-order valence-electron chi connectivity index (χ3n) is 5.70. The van der Waals surface area contributed by atoms with Gasteiger partial charge in [0, 0.05) is 55.7 Å². The van der Waals surface area contributed by atoms with Gasteiger partial charge in [0.1, 0.15) is 5.75 Å². The van der Waals surface area contributed by atoms with Crippen molar-refractivity contribution in [2.45, 2.75) is 40.3 Å². The maximum atomic E-state index is 12.9. The van der Waals surface area contributed by atoms with Crippen LogP contribution in [0.5, 0.6) is 5.75 Å². The van der Waals surface area contributed by atoms with E-state index >= 15 is 0 Å². The number of carbonyl (C=O) groups is 1. The van der Waals surface area contributed by atoms with Gasteiger partial charge in [-0.25, -0.2) is 0 Å². The standard InChI is InChI=1S/C23H33N3O2/c1-17(2)26-18(3)14-22(19(26)4)23(27)16-25-12-10-24(11-13-25)15-20-6-8-21(28-5)9-7-20/h6-9,14,17H,10-13,15-16H2,1-5H3. The SMILES string of the molecule is COc1ccc(CN2CCN(CC(=O)c3cc(C)n(C(C)C)c3C)CC2)cc1. The molecule has 0 atom stereocenters. The number of aryl methyl sites for hydroxylation is 1. The minimum Gasteiger partial charge on any atom is -0.497 e. The van der Waals surface area contributed by atoms with E-state index in [1.807, 2.05) is 12.1 Å². The molecule has 0 aliphatic carbocycles. The number of carbonyl (C=O) groups excluding carboxylic acids is 1. The number of ketones is 1. The van der Waals surface area contributed by atoms with Crippen LogP contribution in [0, 0.1) is 13.8 Å². The van der Waals surface area contributed by atoms with Crippen LogP contribution in [0.4, 0.5) is 0 Å². The molecule has 3 rings (SSSR count). The topological polar surface area (TPSA) is 37.7 Å². The van der Waals surface area contributed by atoms with Crippen molar-refractivity contribution in [3.63, 3.8) is 0 Å². The smallest absolute Gasteiger partial charge is 0.178 e. The van der Waals surface area contributed by atoms with E-state index in [0.717, 1.165) is 49.7 Å². The summed E-state index contributed by atoms with van der Waals surface area (Å²) in [5.41, 5.74) is 4.44. The van der Waals surface area contributed by atoms with Crippen LogP contribution in [0.25, 0.3) is 0 Å². The largest absolute Gasteiger partial charge is 0.497 e. The van der Waals surface area contributed by atoms with Crippen LogP contribution in [-0.4, -0.2) is 60.0 Å². The van der Waals surface area contributed by atoms with Crippen molar-refractivity contribution in [1.29, 1.82) is 0 Å². The van der Waals surface area contributed by atoms with Gasteiger partial charge in [-0.1, -0.05) is 12.1 Å². The summed E-state index contributed by atoms with van der Waals surface area (Å²) >= 11 is 0. The number of benzene rings is 1. The van der Waals surface area contributed by atoms with Gasteiger partial charge in [-0.15, -0.1) is 0 Å². The van der Waals surface area contributed by atoms with E-state index in [1.54, 1.807) is 7.11 Å². The summed E-state index contributed by atoms with van der Waals surface area (Å²) in [5, 5.41) is 0. The number of piperazine rings is 1. The summed E-state index contributed by atoms with van der Waals surface area (Å²) in [4.78, 5) is 17.6. The summed E-state index contributed by atoms with van der Waals surface area (Å²) in [5.74, 6) is 1.13. The van der Waals surface area contributed by atoms with Crippen molar-refractivity contribution >= 4 is 5.78 Å². The molecule has 0 amide bonds. The summed E-state index contributed by atoms with van der Waals surface area (Å²) in [6, 6.07) is 10.7. The molecule has 0 bridgehead atoms. The summed E-state index contributed by atoms with van der Waals surface area (Å²) < 4.78 is 7.47. The Bertz CT molecular complexity index is 800. The molecule has 0 spiro atoms. The maximum Gasteiger partial charge on any atom is 0.178 e. The lowest BCUT2D eigenvalue weighted by atomic mass is 10.1. The molecule has 0 unspecified atom stereocenters. The summed E-state index contributed by atoms with van der Waals surface area (Å²) in [6.07, 6.45) is 0. The normalized spacial score (nSPS) is 15.9. The van der Waals surface area contributed by atoms with Gasteiger partial charge in [0.2, 0.25) is 0 Å². The van der Waals surface area contributed by atoms with Crippen molar-refractivity contribution < 1.29 is 9.53 Å². The molecule has 1 fully saturated rings. The van der Waals surface area contributed by atoms with Crippen molar-refractivity contribution in [3.05, 3.63) is 52.8 Å². The first-order valence-corrected chi connectivity index (χ1v) is 10.2. The molecule has 28 heavy (non-hydrogen) atoms. The van der Waals surface area contributed by atoms with Gasteiger partial charge in [0.25, 0.3) is 0 Å². The van der Waals surface area contributed by atoms with E-state index in [2.05, 4.69) is 60.3 Å². The molecule has 152 valence electrons. The zero-order chi connectivity index (χ0) is 20.3. The highest BCUT2D eigenvalue weighted by atomic mass is 16.5. The van der Waals surface area contributed by atoms with Crippen molar-refractivity contribution in [2.75, 3.05) is 39.8 Å². The van der Waals surface area contributed by atoms with Crippen LogP contribution >= 0.6 is 0 Å². The Hall–Kier alpha value is -2.11. The first-order valence-electron chi connectivity index (χ1n) is 10.2. The number of aromatic nitrogens is 1. The predicted molar refractivity (Wildman–Crippen MR) is 113 cm³/mol. The molecule has 2 aromatic rings. The van der Waals surface area contributed by atoms with E-state index in [1.165, 1.54) is 11.3 Å². The molecular weight excluding hydrogens is 350 g/mol. The molecule has 5 nitrogen and oxygen atoms in total. The highest BCUT2D eigenvalue weighted by Gasteiger charge is 2.22. The Morgan fingerprint density at radius 2 is 1.64 bits per heavy atom. The van der Waals surface area contributed by atoms with Gasteiger partial charge in [-0.05, 0) is 51.5 Å². The van der Waals surface area contributed by atoms with Crippen molar-refractivity contribution in [3.8, 4) is 5.75 Å². The number of hydrogen-bond donors (Lipinski definition) is 0. The summed E-state index contributed by atoms with van der Waals surface area (Å²) in [7, 11) is 1.69. The number of hydrogen-bond acceptors (Lipinski definition) is 4. The van der Waals surface area contributed by atoms with E-state index in [4.69, 9.17) is 4.74 Å². The van der Waals surface area contributed by atoms with Gasteiger partial charge >= 0.3 is 0 Å². The average molecular weight is 384 g/mol. The Morgan fingerprint density at radius 1 is 1.04 bits per heavy atom. The third-order valence-corrected chi connectivity index (χ3v) is 5.70. The molecule has 2 heterocycles. The molecule has 1 aromatic carbocycles. The monoisotopic (exact) mass is 383 g/mol. The first-order chi connectivity index (χ1) is 13.4. The second kappa shape index (κ2) is 8.93. The van der Waals surface area contributed by atoms with Crippen LogP contribution in [0.3, 0.4) is 0 Å². The molecule has 1 aromatic heterocycles. The van der Waals surface area contributed by atoms with Gasteiger partial charge in [-0.2, -0.15) is 0 Å². The quantitative estimate of drug-likeness (QED) is 0.684. The Balaban J connectivity index is 1.52. The third kappa shape index (κ3) is 4.65. The fourth-order valence-corrected chi connectivity index (χ4v) is 4.24. The average Bonchev–Trinajstić information content (AvgIpc) is 2.98. The van der Waals surface area contributed by atoms with Crippen LogP contribution in [0.15, 0.2) is 30.3 Å². The Morgan fingerprint density at radius 3 is 2.18 bits per heavy atom. The number of methoxy groups -OCH3 is 1. The first kappa shape index (κ1) is 20.6. The lowest BCUT2D eigenvalue weighted by Crippen LogP contribution is -2.47. The minimum atomic E-state index is 0.239. The Kier molecular flexibility index (Phi) is 6.57. The van der Waals surface area contributed by atoms with Gasteiger partial charge in [-0.3, -0.25) is 14.6 Å². The molecule has 1 aliphatic rings. The van der Waals surface area contributed by atoms with Gasteiger partial charge in [0.05, 0.1) is 13.7 Å². The highest BCUT2D eigenvalue weighted by Crippen LogP contribution is 2.21. The summed E-state index contributed by atoms with van der Waals surface area (Å²) in [6.45, 7) is 13.8. The van der Waals surface area contributed by atoms with Crippen molar-refractivity contribution in [2.24, 2.45) is 0 Å². The van der Waals surface area contributed by atoms with Crippen LogP contribution in [0.2, 0.25) is 0 Å². The van der Waals surface area contributed by atoms with E-state index in [9.17, 15) is 4.79 Å². The molecule has 1 saturated heterocycles. The number of rotatable bonds is 7. The molecule has 1 aliphatic heterocycles. The lowest BCUT2D eigenvalue weighted by Gasteiger charge is -2.34. The van der Waals surface area contributed by atoms with Crippen molar-refractivity contribution in [1.82, 2.24) is 14.4 Å². The highest BCUT2D eigenvalue weighted by molar-refractivity contribution is 5.99.